The topological polar surface area (TPSA) is 683 Å². The van der Waals surface area contributed by atoms with Crippen LogP contribution < -0.4 is 86.3 Å². The van der Waals surface area contributed by atoms with Gasteiger partial charge in [0.1, 0.15) is 90.6 Å². The van der Waals surface area contributed by atoms with Crippen LogP contribution in [0.3, 0.4) is 0 Å². The number of hydrogen-bond donors (Lipinski definition) is 21. The predicted molar refractivity (Wildman–Crippen MR) is 407 cm³/mol. The Morgan fingerprint density at radius 3 is 1.47 bits per heavy atom. The number of aromatic nitrogens is 4. The highest BCUT2D eigenvalue weighted by molar-refractivity contribution is 8.77. The van der Waals surface area contributed by atoms with Crippen LogP contribution in [0.4, 0.5) is 0 Å². The molecule has 0 unspecified atom stereocenters. The van der Waals surface area contributed by atoms with Gasteiger partial charge in [0.25, 0.3) is 0 Å². The average molecular weight is 1680 g/mol. The molecule has 48 heteroatoms. The quantitative estimate of drug-likeness (QED) is 0.0616. The molecule has 2 aromatic heterocycles. The Morgan fingerprint density at radius 2 is 0.982 bits per heavy atom. The zero-order valence-corrected chi connectivity index (χ0v) is 66.1. The Bertz CT molecular complexity index is 3830. The van der Waals surface area contributed by atoms with Gasteiger partial charge < -0.3 is 121 Å². The molecule has 2 bridgehead atoms. The molecule has 4 aliphatic heterocycles. The number of carboxylic acid groups (broad SMARTS) is 2. The molecule has 4 fully saturated rings. The molecule has 4 saturated heterocycles. The Kier molecular flexibility index (Phi) is 36.5. The Hall–Kier alpha value is -10.3. The number of amides is 17. The van der Waals surface area contributed by atoms with Gasteiger partial charge in [-0.2, -0.15) is 0 Å². The predicted octanol–water partition coefficient (Wildman–Crippen LogP) is -8.63. The van der Waals surface area contributed by atoms with Crippen molar-refractivity contribution in [2.75, 3.05) is 49.3 Å². The lowest BCUT2D eigenvalue weighted by Crippen LogP contribution is -2.62. The molecule has 2 aromatic rings. The molecule has 628 valence electrons. The molecular weight excluding hydrogens is 1580 g/mol. The molecule has 0 aliphatic carbocycles. The summed E-state index contributed by atoms with van der Waals surface area (Å²) in [7, 11) is 3.09. The van der Waals surface area contributed by atoms with Crippen molar-refractivity contribution in [2.45, 2.75) is 196 Å². The van der Waals surface area contributed by atoms with E-state index in [1.54, 1.807) is 13.8 Å². The van der Waals surface area contributed by atoms with Crippen molar-refractivity contribution >= 4 is 156 Å². The monoisotopic (exact) mass is 1680 g/mol. The summed E-state index contributed by atoms with van der Waals surface area (Å²) >= 11 is 0. The highest BCUT2D eigenvalue weighted by Crippen LogP contribution is 2.27. The van der Waals surface area contributed by atoms with E-state index < -0.39 is 283 Å². The second-order valence-corrected chi connectivity index (χ2v) is 32.7. The fourth-order valence-corrected chi connectivity index (χ4v) is 16.9. The van der Waals surface area contributed by atoms with Gasteiger partial charge in [-0.15, -0.1) is 0 Å². The maximum Gasteiger partial charge on any atom is 0.305 e. The van der Waals surface area contributed by atoms with Crippen LogP contribution >= 0.6 is 43.2 Å². The number of aliphatic hydroxyl groups is 1. The number of hydrogen-bond acceptors (Lipinski definition) is 27. The first-order valence-electron chi connectivity index (χ1n) is 36.3. The number of aliphatic hydroxyl groups excluding tert-OH is 1. The number of rotatable bonds is 18. The van der Waals surface area contributed by atoms with Gasteiger partial charge in [-0.05, 0) is 50.9 Å². The van der Waals surface area contributed by atoms with Crippen LogP contribution in [-0.4, -0.2) is 297 Å². The molecule has 17 amide bonds. The summed E-state index contributed by atoms with van der Waals surface area (Å²) in [4.78, 5) is 283. The zero-order chi connectivity index (χ0) is 84.2. The van der Waals surface area contributed by atoms with Crippen molar-refractivity contribution < 1.29 is 106 Å². The van der Waals surface area contributed by atoms with E-state index in [0.717, 1.165) is 53.0 Å². The van der Waals surface area contributed by atoms with Crippen molar-refractivity contribution in [1.29, 1.82) is 0 Å². The van der Waals surface area contributed by atoms with Gasteiger partial charge in [0.2, 0.25) is 100 Å². The smallest absolute Gasteiger partial charge is 0.305 e. The highest BCUT2D eigenvalue weighted by atomic mass is 33.1. The van der Waals surface area contributed by atoms with E-state index in [1.165, 1.54) is 45.8 Å². The molecule has 6 heterocycles. The first-order valence-corrected chi connectivity index (χ1v) is 41.3. The number of carbonyl (C=O) groups excluding carboxylic acids is 17. The molecule has 24 N–H and O–H groups in total. The molecule has 16 atom stereocenters. The molecule has 0 aromatic carbocycles. The summed E-state index contributed by atoms with van der Waals surface area (Å²) in [5.41, 5.74) is 17.6. The van der Waals surface area contributed by atoms with Crippen LogP contribution in [0.2, 0.25) is 0 Å². The second-order valence-electron chi connectivity index (χ2n) is 27.6. The minimum atomic E-state index is -2.06. The van der Waals surface area contributed by atoms with Crippen molar-refractivity contribution in [3.05, 3.63) is 36.4 Å². The van der Waals surface area contributed by atoms with Gasteiger partial charge in [-0.3, -0.25) is 91.1 Å². The number of nitrogens with two attached hydrogens (primary N) is 3. The molecule has 4 aliphatic rings. The minimum Gasteiger partial charge on any atom is -0.481 e. The van der Waals surface area contributed by atoms with Crippen molar-refractivity contribution in [1.82, 2.24) is 98.9 Å². The minimum absolute atomic E-state index is 0.0231. The molecule has 0 spiro atoms. The number of fused-ring (bicyclic) bond motifs is 10. The zero-order valence-electron chi connectivity index (χ0n) is 62.8. The van der Waals surface area contributed by atoms with Crippen LogP contribution in [0.1, 0.15) is 104 Å². The summed E-state index contributed by atoms with van der Waals surface area (Å²) < 4.78 is 0. The summed E-state index contributed by atoms with van der Waals surface area (Å²) in [6, 6.07) is -25.4. The number of primary amides is 2. The van der Waals surface area contributed by atoms with Crippen molar-refractivity contribution in [3.8, 4) is 0 Å². The number of imidazole rings is 2. The average Bonchev–Trinajstić information content (AvgIpc) is 1.79. The molecule has 6 rings (SSSR count). The maximum absolute atomic E-state index is 14.9. The summed E-state index contributed by atoms with van der Waals surface area (Å²) in [5, 5.41) is 62.5. The number of nitrogens with zero attached hydrogens (tertiary/aromatic N) is 4. The van der Waals surface area contributed by atoms with Crippen LogP contribution in [0.15, 0.2) is 25.0 Å². The summed E-state index contributed by atoms with van der Waals surface area (Å²) in [6.45, 7) is 5.15. The van der Waals surface area contributed by atoms with E-state index in [-0.39, 0.29) is 63.0 Å². The van der Waals surface area contributed by atoms with Crippen LogP contribution in [0.25, 0.3) is 0 Å². The third kappa shape index (κ3) is 27.8. The van der Waals surface area contributed by atoms with Crippen molar-refractivity contribution in [3.63, 3.8) is 0 Å². The SMILES string of the molecule is CC[C@H](C)[C@@H]1NC(=O)[C@H](CCC(=O)O)NC(=O)[C@@H]2CCCN2C(=O)[C@H](Cc2cnc[nH]2)NC(=O)[C@H](CC(=O)O)NC(=O)[C@H](C(C)C)NC(=O)[C@H](CC(N)=O)NC(=O)[C@@H]2CSSC[C@H](NC(=O)CN)C(=O)N[C@@H](CSSC[C@@H](C(N)=O)NC1=O)C(=O)N[C@@H](CO)C(=O)N[C@@H](Cc1cnc[nH]1)C(=O)N1CCC[C@H]1C(=O)N[C@@H](C)C(=O)N2. The maximum atomic E-state index is 14.9. The van der Waals surface area contributed by atoms with E-state index >= 15 is 0 Å². The van der Waals surface area contributed by atoms with Crippen LogP contribution in [0.5, 0.6) is 0 Å². The first kappa shape index (κ1) is 92.5. The number of H-pyrrole nitrogens is 2. The van der Waals surface area contributed by atoms with Gasteiger partial charge in [-0.1, -0.05) is 77.3 Å². The van der Waals surface area contributed by atoms with E-state index in [0.29, 0.717) is 0 Å². The highest BCUT2D eigenvalue weighted by Gasteiger charge is 2.45. The molecule has 0 saturated carbocycles. The molecule has 44 nitrogen and oxygen atoms in total. The van der Waals surface area contributed by atoms with Crippen LogP contribution in [0, 0.1) is 11.8 Å². The van der Waals surface area contributed by atoms with Gasteiger partial charge in [0.15, 0.2) is 0 Å². The molecule has 0 radical (unpaired) electrons. The Balaban J connectivity index is 1.47. The third-order valence-electron chi connectivity index (χ3n) is 18.7. The first-order chi connectivity index (χ1) is 54.0. The third-order valence-corrected chi connectivity index (χ3v) is 23.5. The number of carboxylic acids is 2. The van der Waals surface area contributed by atoms with Gasteiger partial charge in [0, 0.05) is 79.1 Å². The fourth-order valence-electron chi connectivity index (χ4n) is 12.2. The number of carbonyl (C=O) groups is 19. The Morgan fingerprint density at radius 1 is 0.526 bits per heavy atom. The van der Waals surface area contributed by atoms with Gasteiger partial charge >= 0.3 is 11.9 Å². The number of aromatic amines is 2. The lowest BCUT2D eigenvalue weighted by molar-refractivity contribution is -0.144. The van der Waals surface area contributed by atoms with Crippen LogP contribution in [-0.2, 0) is 104 Å². The normalized spacial score (nSPS) is 27.9. The Labute approximate surface area is 668 Å². The lowest BCUT2D eigenvalue weighted by Gasteiger charge is -2.31. The fraction of sp³-hybridized carbons (Fsp3) is 0.621. The standard InChI is InChI=1S/C66H98N22O22S4/c1-6-30(4)51-64(108)82-40(52(69)96)23-111-113-26-43-60(104)81-39(22-89)57(101)80-38(16-33-21-71-28-73-33)66(110)87-13-7-9-44(87)61(105)74-31(5)53(97)83-42(25-114-112-24-41(58(102)84-43)75-47(91)19-67)59(103)77-35(17-46(68)90)56(100)85-50(29(2)3)63(107)78-36(18-49(94)95)55(99)79-37(15-32-20-70-27-72-32)65(109)88-14-8-10-45(88)62(106)76-34(54(98)86-51)11-12-48(92)93/h20-21,27-31,34-45,50-51,89H,6-19,22-26,67H2,1-5H3,(H2,68,90)(H2,69,96)(H,70,72)(H,71,73)(H,74,105)(H,75,91)(H,76,106)(H,77,103)(H,78,107)(H,79,99)(H,80,101)(H,81,104)(H,82,108)(H,83,97)(H,84,102)(H,85,100)(H,86,98)(H,92,93)(H,94,95)/t30-,31-,34-,35-,36-,37-,38-,39-,40-,41-,42-,43-,44-,45-,50-,51-/m0/s1. The van der Waals surface area contributed by atoms with E-state index in [2.05, 4.69) is 89.1 Å². The molecule has 114 heavy (non-hydrogen) atoms. The second kappa shape index (κ2) is 44.9. The molecular formula is C66H98N22O22S4. The number of aliphatic carboxylic acids is 2. The lowest BCUT2D eigenvalue weighted by atomic mass is 9.97. The van der Waals surface area contributed by atoms with E-state index in [4.69, 9.17) is 17.2 Å². The van der Waals surface area contributed by atoms with E-state index in [9.17, 15) is 106 Å². The number of nitrogens with one attached hydrogen (secondary N) is 15. The summed E-state index contributed by atoms with van der Waals surface area (Å²) in [6.07, 6.45) is 1.39. The van der Waals surface area contributed by atoms with E-state index in [1.807, 2.05) is 0 Å². The summed E-state index contributed by atoms with van der Waals surface area (Å²) in [5.74, 6) is -25.4. The van der Waals surface area contributed by atoms with Gasteiger partial charge in [0.05, 0.1) is 38.6 Å². The van der Waals surface area contributed by atoms with Crippen molar-refractivity contribution in [2.24, 2.45) is 29.0 Å². The largest absolute Gasteiger partial charge is 0.481 e. The van der Waals surface area contributed by atoms with Gasteiger partial charge in [-0.25, -0.2) is 9.97 Å².